The molecule has 0 saturated carbocycles. The van der Waals surface area contributed by atoms with E-state index in [2.05, 4.69) is 20.1 Å². The quantitative estimate of drug-likeness (QED) is 0.858. The molecule has 116 valence electrons. The third-order valence-electron chi connectivity index (χ3n) is 4.63. The summed E-state index contributed by atoms with van der Waals surface area (Å²) in [6.07, 6.45) is 6.84. The Morgan fingerprint density at radius 2 is 2.05 bits per heavy atom. The molecule has 2 N–H and O–H groups in total. The molecule has 0 unspecified atom stereocenters. The molecule has 21 heavy (non-hydrogen) atoms. The highest BCUT2D eigenvalue weighted by Gasteiger charge is 2.20. The first-order valence-corrected chi connectivity index (χ1v) is 8.23. The molecule has 2 aliphatic rings. The number of hydrogen-bond acceptors (Lipinski definition) is 3. The molecule has 1 aromatic heterocycles. The molecule has 0 bridgehead atoms. The van der Waals surface area contributed by atoms with Crippen molar-refractivity contribution in [3.8, 4) is 0 Å². The van der Waals surface area contributed by atoms with Crippen LogP contribution in [0, 0.1) is 0 Å². The first-order chi connectivity index (χ1) is 10.3. The summed E-state index contributed by atoms with van der Waals surface area (Å²) in [5, 5.41) is 6.45. The van der Waals surface area contributed by atoms with Crippen LogP contribution in [0.5, 0.6) is 0 Å². The fourth-order valence-electron chi connectivity index (χ4n) is 3.41. The average molecular weight is 290 g/mol. The van der Waals surface area contributed by atoms with Crippen LogP contribution in [0.1, 0.15) is 42.2 Å². The molecule has 2 fully saturated rings. The highest BCUT2D eigenvalue weighted by atomic mass is 16.1. The molecule has 3 rings (SSSR count). The number of aromatic nitrogens is 1. The van der Waals surface area contributed by atoms with E-state index < -0.39 is 0 Å². The summed E-state index contributed by atoms with van der Waals surface area (Å²) in [7, 11) is 0. The van der Waals surface area contributed by atoms with E-state index >= 15 is 0 Å². The standard InChI is InChI=1S/C16H26N4O/c21-16(18-9-13-19-10-1-2-11-19)15-4-3-12-20(15)14-5-7-17-8-6-14/h3-4,12,14,17H,1-2,5-11,13H2,(H,18,21). The van der Waals surface area contributed by atoms with E-state index in [4.69, 9.17) is 0 Å². The Balaban J connectivity index is 1.53. The van der Waals surface area contributed by atoms with Gasteiger partial charge in [-0.2, -0.15) is 0 Å². The maximum atomic E-state index is 12.4. The summed E-state index contributed by atoms with van der Waals surface area (Å²) in [6, 6.07) is 4.38. The van der Waals surface area contributed by atoms with Gasteiger partial charge in [0.25, 0.3) is 5.91 Å². The minimum absolute atomic E-state index is 0.0673. The van der Waals surface area contributed by atoms with Gasteiger partial charge in [0.1, 0.15) is 5.69 Å². The number of rotatable bonds is 5. The lowest BCUT2D eigenvalue weighted by molar-refractivity contribution is 0.0937. The van der Waals surface area contributed by atoms with Gasteiger partial charge in [0.2, 0.25) is 0 Å². The van der Waals surface area contributed by atoms with Gasteiger partial charge in [-0.05, 0) is 64.0 Å². The molecule has 0 aliphatic carbocycles. The van der Waals surface area contributed by atoms with Crippen molar-refractivity contribution in [3.05, 3.63) is 24.0 Å². The summed E-state index contributed by atoms with van der Waals surface area (Å²) in [4.78, 5) is 14.8. The number of carbonyl (C=O) groups is 1. The van der Waals surface area contributed by atoms with Crippen LogP contribution in [-0.2, 0) is 0 Å². The van der Waals surface area contributed by atoms with Crippen LogP contribution in [0.2, 0.25) is 0 Å². The molecular weight excluding hydrogens is 264 g/mol. The van der Waals surface area contributed by atoms with Crippen molar-refractivity contribution in [1.29, 1.82) is 0 Å². The Bertz CT molecular complexity index is 459. The van der Waals surface area contributed by atoms with Crippen LogP contribution < -0.4 is 10.6 Å². The van der Waals surface area contributed by atoms with Crippen LogP contribution in [0.25, 0.3) is 0 Å². The molecule has 0 atom stereocenters. The van der Waals surface area contributed by atoms with Gasteiger partial charge in [0, 0.05) is 25.3 Å². The second kappa shape index (κ2) is 7.09. The number of piperidine rings is 1. The van der Waals surface area contributed by atoms with Crippen molar-refractivity contribution < 1.29 is 4.79 Å². The van der Waals surface area contributed by atoms with Crippen molar-refractivity contribution in [2.75, 3.05) is 39.3 Å². The Hall–Kier alpha value is -1.33. The van der Waals surface area contributed by atoms with E-state index in [0.29, 0.717) is 6.04 Å². The van der Waals surface area contributed by atoms with Gasteiger partial charge in [-0.1, -0.05) is 0 Å². The summed E-state index contributed by atoms with van der Waals surface area (Å²) in [5.41, 5.74) is 0.809. The van der Waals surface area contributed by atoms with Crippen molar-refractivity contribution >= 4 is 5.91 Å². The Morgan fingerprint density at radius 1 is 1.29 bits per heavy atom. The third kappa shape index (κ3) is 3.66. The predicted molar refractivity (Wildman–Crippen MR) is 83.6 cm³/mol. The lowest BCUT2D eigenvalue weighted by Crippen LogP contribution is -2.35. The van der Waals surface area contributed by atoms with Crippen LogP contribution in [0.4, 0.5) is 0 Å². The SMILES string of the molecule is O=C(NCCN1CCCC1)c1cccn1C1CCNCC1. The lowest BCUT2D eigenvalue weighted by atomic mass is 10.1. The molecule has 5 nitrogen and oxygen atoms in total. The highest BCUT2D eigenvalue weighted by Crippen LogP contribution is 2.21. The van der Waals surface area contributed by atoms with E-state index in [1.807, 2.05) is 18.3 Å². The minimum atomic E-state index is 0.0673. The third-order valence-corrected chi connectivity index (χ3v) is 4.63. The molecule has 0 aromatic carbocycles. The molecule has 5 heteroatoms. The number of amides is 1. The predicted octanol–water partition coefficient (Wildman–Crippen LogP) is 1.24. The fourth-order valence-corrected chi connectivity index (χ4v) is 3.41. The zero-order chi connectivity index (χ0) is 14.5. The van der Waals surface area contributed by atoms with Gasteiger partial charge in [0.05, 0.1) is 0 Å². The van der Waals surface area contributed by atoms with Crippen molar-refractivity contribution in [2.24, 2.45) is 0 Å². The molecule has 0 spiro atoms. The van der Waals surface area contributed by atoms with E-state index in [1.165, 1.54) is 25.9 Å². The second-order valence-electron chi connectivity index (χ2n) is 6.09. The zero-order valence-electron chi connectivity index (χ0n) is 12.7. The van der Waals surface area contributed by atoms with Crippen molar-refractivity contribution in [1.82, 2.24) is 20.1 Å². The van der Waals surface area contributed by atoms with Crippen LogP contribution in [0.3, 0.4) is 0 Å². The monoisotopic (exact) mass is 290 g/mol. The van der Waals surface area contributed by atoms with Crippen molar-refractivity contribution in [3.63, 3.8) is 0 Å². The Morgan fingerprint density at radius 3 is 2.81 bits per heavy atom. The van der Waals surface area contributed by atoms with E-state index in [0.717, 1.165) is 44.7 Å². The zero-order valence-corrected chi connectivity index (χ0v) is 12.7. The number of carbonyl (C=O) groups excluding carboxylic acids is 1. The van der Waals surface area contributed by atoms with E-state index in [1.54, 1.807) is 0 Å². The van der Waals surface area contributed by atoms with Gasteiger partial charge < -0.3 is 20.1 Å². The smallest absolute Gasteiger partial charge is 0.267 e. The number of hydrogen-bond donors (Lipinski definition) is 2. The Kier molecular flexibility index (Phi) is 4.93. The van der Waals surface area contributed by atoms with Crippen LogP contribution in [-0.4, -0.2) is 54.6 Å². The van der Waals surface area contributed by atoms with Crippen molar-refractivity contribution in [2.45, 2.75) is 31.7 Å². The first kappa shape index (κ1) is 14.6. The second-order valence-corrected chi connectivity index (χ2v) is 6.09. The first-order valence-electron chi connectivity index (χ1n) is 8.23. The van der Waals surface area contributed by atoms with Gasteiger partial charge in [-0.25, -0.2) is 0 Å². The molecule has 3 heterocycles. The minimum Gasteiger partial charge on any atom is -0.349 e. The molecule has 0 radical (unpaired) electrons. The van der Waals surface area contributed by atoms with Gasteiger partial charge >= 0.3 is 0 Å². The highest BCUT2D eigenvalue weighted by molar-refractivity contribution is 5.92. The average Bonchev–Trinajstić information content (AvgIpc) is 3.19. The Labute approximate surface area is 126 Å². The number of nitrogens with zero attached hydrogens (tertiary/aromatic N) is 2. The summed E-state index contributed by atoms with van der Waals surface area (Å²) < 4.78 is 2.16. The maximum absolute atomic E-state index is 12.4. The summed E-state index contributed by atoms with van der Waals surface area (Å²) in [6.45, 7) is 6.16. The summed E-state index contributed by atoms with van der Waals surface area (Å²) >= 11 is 0. The normalized spacial score (nSPS) is 20.8. The lowest BCUT2D eigenvalue weighted by Gasteiger charge is -2.26. The molecule has 2 aliphatic heterocycles. The molecule has 1 amide bonds. The number of likely N-dealkylation sites (tertiary alicyclic amines) is 1. The molecule has 2 saturated heterocycles. The molecule has 1 aromatic rings. The maximum Gasteiger partial charge on any atom is 0.267 e. The summed E-state index contributed by atoms with van der Waals surface area (Å²) in [5.74, 6) is 0.0673. The van der Waals surface area contributed by atoms with E-state index in [-0.39, 0.29) is 5.91 Å². The molecular formula is C16H26N4O. The topological polar surface area (TPSA) is 49.3 Å². The van der Waals surface area contributed by atoms with Gasteiger partial charge in [-0.3, -0.25) is 4.79 Å². The van der Waals surface area contributed by atoms with Gasteiger partial charge in [-0.15, -0.1) is 0 Å². The van der Waals surface area contributed by atoms with Crippen LogP contribution in [0.15, 0.2) is 18.3 Å². The largest absolute Gasteiger partial charge is 0.349 e. The van der Waals surface area contributed by atoms with E-state index in [9.17, 15) is 4.79 Å². The fraction of sp³-hybridized carbons (Fsp3) is 0.688. The van der Waals surface area contributed by atoms with Crippen LogP contribution >= 0.6 is 0 Å². The van der Waals surface area contributed by atoms with Gasteiger partial charge in [0.15, 0.2) is 0 Å². The number of nitrogens with one attached hydrogen (secondary N) is 2.